The maximum Gasteiger partial charge on any atom is 0.469 e. The molecule has 1 rings (SSSR count). The van der Waals surface area contributed by atoms with Crippen molar-refractivity contribution in [2.45, 2.75) is 26.7 Å². The minimum Gasteiger partial charge on any atom is -0.330 e. The summed E-state index contributed by atoms with van der Waals surface area (Å²) in [5, 5.41) is 0. The number of nitrogens with two attached hydrogens (primary N) is 1. The molecule has 14 heavy (non-hydrogen) atoms. The van der Waals surface area contributed by atoms with Crippen LogP contribution in [0.5, 0.6) is 0 Å². The van der Waals surface area contributed by atoms with Crippen LogP contribution in [0.25, 0.3) is 0 Å². The predicted octanol–water partition coefficient (Wildman–Crippen LogP) is 0.861. The van der Waals surface area contributed by atoms with Crippen LogP contribution >= 0.6 is 7.82 Å². The lowest BCUT2D eigenvalue weighted by Gasteiger charge is -2.52. The van der Waals surface area contributed by atoms with E-state index in [1.54, 1.807) is 0 Å². The van der Waals surface area contributed by atoms with Gasteiger partial charge in [-0.2, -0.15) is 0 Å². The predicted molar refractivity (Wildman–Crippen MR) is 52.5 cm³/mol. The van der Waals surface area contributed by atoms with Crippen LogP contribution in [0.2, 0.25) is 0 Å². The topological polar surface area (TPSA) is 92.8 Å². The number of hydrogen-bond donors (Lipinski definition) is 3. The van der Waals surface area contributed by atoms with Crippen LogP contribution in [0.1, 0.15) is 26.7 Å². The van der Waals surface area contributed by atoms with Crippen LogP contribution < -0.4 is 5.73 Å². The SMILES string of the molecule is CC1(C)CC(CN)(COP(=O)(O)O)C1. The summed E-state index contributed by atoms with van der Waals surface area (Å²) in [6.45, 7) is 4.68. The van der Waals surface area contributed by atoms with Crippen LogP contribution in [0.4, 0.5) is 0 Å². The first-order valence-electron chi connectivity index (χ1n) is 4.58. The molecular formula is C8H18NO4P. The Kier molecular flexibility index (Phi) is 3.10. The highest BCUT2D eigenvalue weighted by molar-refractivity contribution is 7.46. The minimum absolute atomic E-state index is 0.0528. The number of phosphoric ester groups is 1. The molecule has 0 bridgehead atoms. The first kappa shape index (κ1) is 12.1. The average molecular weight is 223 g/mol. The van der Waals surface area contributed by atoms with Gasteiger partial charge >= 0.3 is 7.82 Å². The molecule has 0 saturated heterocycles. The lowest BCUT2D eigenvalue weighted by Crippen LogP contribution is -2.50. The maximum absolute atomic E-state index is 10.5. The van der Waals surface area contributed by atoms with E-state index in [9.17, 15) is 4.57 Å². The summed E-state index contributed by atoms with van der Waals surface area (Å²) in [6.07, 6.45) is 1.72. The molecule has 1 aliphatic rings. The van der Waals surface area contributed by atoms with Gasteiger partial charge in [-0.1, -0.05) is 13.8 Å². The maximum atomic E-state index is 10.5. The van der Waals surface area contributed by atoms with Gasteiger partial charge in [-0.3, -0.25) is 4.52 Å². The number of phosphoric acid groups is 1. The third kappa shape index (κ3) is 3.04. The van der Waals surface area contributed by atoms with Gasteiger partial charge in [0.1, 0.15) is 0 Å². The Morgan fingerprint density at radius 3 is 2.21 bits per heavy atom. The molecule has 0 amide bonds. The van der Waals surface area contributed by atoms with Crippen molar-refractivity contribution in [1.82, 2.24) is 0 Å². The minimum atomic E-state index is -4.35. The Morgan fingerprint density at radius 1 is 1.43 bits per heavy atom. The van der Waals surface area contributed by atoms with E-state index in [1.165, 1.54) is 0 Å². The van der Waals surface area contributed by atoms with Crippen molar-refractivity contribution >= 4 is 7.82 Å². The molecule has 6 heteroatoms. The van der Waals surface area contributed by atoms with E-state index in [1.807, 2.05) is 0 Å². The molecule has 84 valence electrons. The van der Waals surface area contributed by atoms with E-state index < -0.39 is 7.82 Å². The van der Waals surface area contributed by atoms with Crippen LogP contribution in [0.3, 0.4) is 0 Å². The van der Waals surface area contributed by atoms with Crippen molar-refractivity contribution in [3.05, 3.63) is 0 Å². The third-order valence-corrected chi connectivity index (χ3v) is 3.14. The van der Waals surface area contributed by atoms with Crippen LogP contribution in [-0.4, -0.2) is 22.9 Å². The average Bonchev–Trinajstić information content (AvgIpc) is 1.95. The number of hydrogen-bond acceptors (Lipinski definition) is 3. The molecule has 0 aromatic heterocycles. The van der Waals surface area contributed by atoms with Crippen molar-refractivity contribution in [1.29, 1.82) is 0 Å². The van der Waals surface area contributed by atoms with Gasteiger partial charge in [0.25, 0.3) is 0 Å². The van der Waals surface area contributed by atoms with E-state index in [-0.39, 0.29) is 17.4 Å². The quantitative estimate of drug-likeness (QED) is 0.615. The van der Waals surface area contributed by atoms with Crippen molar-refractivity contribution in [2.75, 3.05) is 13.2 Å². The van der Waals surface area contributed by atoms with E-state index in [0.717, 1.165) is 12.8 Å². The molecule has 0 heterocycles. The summed E-state index contributed by atoms with van der Waals surface area (Å²) in [5.74, 6) is 0. The highest BCUT2D eigenvalue weighted by atomic mass is 31.2. The molecule has 0 aromatic rings. The van der Waals surface area contributed by atoms with E-state index in [2.05, 4.69) is 18.4 Å². The summed E-state index contributed by atoms with van der Waals surface area (Å²) in [7, 11) is -4.35. The molecule has 1 saturated carbocycles. The highest BCUT2D eigenvalue weighted by Gasteiger charge is 2.49. The second-order valence-electron chi connectivity index (χ2n) is 4.99. The molecule has 1 aliphatic carbocycles. The van der Waals surface area contributed by atoms with E-state index in [0.29, 0.717) is 6.54 Å². The fraction of sp³-hybridized carbons (Fsp3) is 1.00. The Morgan fingerprint density at radius 2 is 1.93 bits per heavy atom. The molecule has 0 radical (unpaired) electrons. The molecule has 0 spiro atoms. The van der Waals surface area contributed by atoms with Crippen molar-refractivity contribution < 1.29 is 18.9 Å². The molecule has 0 atom stereocenters. The molecule has 1 fully saturated rings. The van der Waals surface area contributed by atoms with Gasteiger partial charge in [0, 0.05) is 12.0 Å². The molecule has 5 nitrogen and oxygen atoms in total. The van der Waals surface area contributed by atoms with Gasteiger partial charge in [0.15, 0.2) is 0 Å². The van der Waals surface area contributed by atoms with Gasteiger partial charge in [-0.25, -0.2) is 4.57 Å². The molecular weight excluding hydrogens is 205 g/mol. The van der Waals surface area contributed by atoms with E-state index >= 15 is 0 Å². The number of rotatable bonds is 4. The van der Waals surface area contributed by atoms with E-state index in [4.69, 9.17) is 15.5 Å². The van der Waals surface area contributed by atoms with Crippen LogP contribution in [0.15, 0.2) is 0 Å². The standard InChI is InChI=1S/C8H18NO4P/c1-7(2)3-8(4-7,5-9)6-13-14(10,11)12/h3-6,9H2,1-2H3,(H2,10,11,12). The Labute approximate surface area is 83.9 Å². The zero-order valence-electron chi connectivity index (χ0n) is 8.56. The normalized spacial score (nSPS) is 24.4. The fourth-order valence-corrected chi connectivity index (χ4v) is 2.95. The first-order chi connectivity index (χ1) is 6.18. The molecule has 0 unspecified atom stereocenters. The molecule has 4 N–H and O–H groups in total. The van der Waals surface area contributed by atoms with Crippen LogP contribution in [0, 0.1) is 10.8 Å². The summed E-state index contributed by atoms with van der Waals surface area (Å²) in [5.41, 5.74) is 5.57. The second-order valence-corrected chi connectivity index (χ2v) is 6.23. The summed E-state index contributed by atoms with van der Waals surface area (Å²) < 4.78 is 15.0. The molecule has 0 aliphatic heterocycles. The van der Waals surface area contributed by atoms with Gasteiger partial charge in [-0.05, 0) is 18.3 Å². The van der Waals surface area contributed by atoms with Crippen molar-refractivity contribution in [3.63, 3.8) is 0 Å². The second kappa shape index (κ2) is 3.58. The van der Waals surface area contributed by atoms with Crippen molar-refractivity contribution in [2.24, 2.45) is 16.6 Å². The Balaban J connectivity index is 2.47. The first-order valence-corrected chi connectivity index (χ1v) is 6.11. The largest absolute Gasteiger partial charge is 0.469 e. The lowest BCUT2D eigenvalue weighted by molar-refractivity contribution is -0.0462. The highest BCUT2D eigenvalue weighted by Crippen LogP contribution is 2.55. The summed E-state index contributed by atoms with van der Waals surface area (Å²) >= 11 is 0. The Bertz CT molecular complexity index is 252. The monoisotopic (exact) mass is 223 g/mol. The smallest absolute Gasteiger partial charge is 0.330 e. The van der Waals surface area contributed by atoms with Gasteiger partial charge in [0.2, 0.25) is 0 Å². The third-order valence-electron chi connectivity index (χ3n) is 2.68. The summed E-state index contributed by atoms with van der Waals surface area (Å²) in [4.78, 5) is 17.1. The fourth-order valence-electron chi connectivity index (χ4n) is 2.50. The molecule has 0 aromatic carbocycles. The Hall–Kier alpha value is 0.0700. The van der Waals surface area contributed by atoms with Crippen LogP contribution in [-0.2, 0) is 9.09 Å². The van der Waals surface area contributed by atoms with Gasteiger partial charge in [0.05, 0.1) is 6.61 Å². The van der Waals surface area contributed by atoms with Gasteiger partial charge in [-0.15, -0.1) is 0 Å². The van der Waals surface area contributed by atoms with Gasteiger partial charge < -0.3 is 15.5 Å². The zero-order chi connectivity index (χ0) is 11.0. The summed E-state index contributed by atoms with van der Waals surface area (Å²) in [6, 6.07) is 0. The lowest BCUT2D eigenvalue weighted by atomic mass is 9.55. The zero-order valence-corrected chi connectivity index (χ0v) is 9.46. The van der Waals surface area contributed by atoms with Crippen molar-refractivity contribution in [3.8, 4) is 0 Å².